The number of imidazole rings is 1. The van der Waals surface area contributed by atoms with Crippen LogP contribution in [0.15, 0.2) is 104 Å². The minimum absolute atomic E-state index is 0.0790. The molecule has 75 heavy (non-hydrogen) atoms. The van der Waals surface area contributed by atoms with Crippen molar-refractivity contribution in [1.82, 2.24) is 55.3 Å². The Kier molecular flexibility index (Phi) is 17.0. The van der Waals surface area contributed by atoms with Crippen molar-refractivity contribution < 1.29 is 38.3 Å². The summed E-state index contributed by atoms with van der Waals surface area (Å²) >= 11 is 0. The highest BCUT2D eigenvalue weighted by molar-refractivity contribution is 6.12. The van der Waals surface area contributed by atoms with E-state index < -0.39 is 36.0 Å². The first-order valence-electron chi connectivity index (χ1n) is 25.1. The van der Waals surface area contributed by atoms with Gasteiger partial charge in [-0.05, 0) is 104 Å². The third-order valence-electron chi connectivity index (χ3n) is 13.1. The summed E-state index contributed by atoms with van der Waals surface area (Å²) in [5.74, 6) is -1.97. The number of nitrogens with two attached hydrogens (primary N) is 1. The number of H-pyrrole nitrogens is 1. The fraction of sp³-hybridized carbons (Fsp3) is 0.352. The van der Waals surface area contributed by atoms with Crippen molar-refractivity contribution in [2.24, 2.45) is 11.7 Å². The molecule has 0 saturated carbocycles. The zero-order valence-electron chi connectivity index (χ0n) is 42.1. The van der Waals surface area contributed by atoms with Crippen LogP contribution in [0.5, 0.6) is 0 Å². The van der Waals surface area contributed by atoms with Gasteiger partial charge in [-0.3, -0.25) is 38.8 Å². The lowest BCUT2D eigenvalue weighted by atomic mass is 10.0. The van der Waals surface area contributed by atoms with Gasteiger partial charge < -0.3 is 36.7 Å². The monoisotopic (exact) mass is 1020 g/mol. The van der Waals surface area contributed by atoms with E-state index in [2.05, 4.69) is 42.4 Å². The zero-order chi connectivity index (χ0) is 53.0. The lowest BCUT2D eigenvalue weighted by Crippen LogP contribution is -2.54. The van der Waals surface area contributed by atoms with Crippen LogP contribution in [0.3, 0.4) is 0 Å². The number of pyridine rings is 2. The fourth-order valence-corrected chi connectivity index (χ4v) is 9.21. The maximum atomic E-state index is 14.4. The number of hydrogen-bond donors (Lipinski definition) is 6. The molecule has 7 N–H and O–H groups in total. The molecule has 5 heterocycles. The molecule has 1 aliphatic carbocycles. The molecule has 0 radical (unpaired) electrons. The Hall–Kier alpha value is -8.75. The Morgan fingerprint density at radius 1 is 0.893 bits per heavy atom. The molecule has 0 spiro atoms. The quantitative estimate of drug-likeness (QED) is 0.0328. The summed E-state index contributed by atoms with van der Waals surface area (Å²) in [5, 5.41) is 15.2. The van der Waals surface area contributed by atoms with Gasteiger partial charge in [0.1, 0.15) is 30.8 Å². The smallest absolute Gasteiger partial charge is 0.411 e. The standard InChI is InChI=1S/C54H61N13O8/c1-33(2)48(64-45(68)16-5-4-8-27-65-46(69)23-24-47(65)70)52(72)61-41(15-10-26-56-53(55)73)51(71)60-38-20-17-35(18-21-38)31-75-54(74)66(42-22-19-36-12-6-7-13-39(36)42)30-43-62-49(37-25-28-67-44(29-37)57-32-58-67)50(63-43)40-14-9-11-34(3)59-40/h6-7,9,11-14,17-18,20-21,23-25,28-29,32-33,41-42,48H,4-5,8,10,15-16,19,22,26-27,30-31H2,1-3H3,(H,60,71)(H,61,72)(H,62,63)(H,64,68)(H3,55,56,73)/t41?,42-,48?/m0/s1. The van der Waals surface area contributed by atoms with Crippen molar-refractivity contribution in [3.05, 3.63) is 132 Å². The fourth-order valence-electron chi connectivity index (χ4n) is 9.21. The van der Waals surface area contributed by atoms with Gasteiger partial charge in [-0.2, -0.15) is 5.10 Å². The summed E-state index contributed by atoms with van der Waals surface area (Å²) in [5.41, 5.74) is 12.8. The summed E-state index contributed by atoms with van der Waals surface area (Å²) in [6.45, 7) is 5.90. The van der Waals surface area contributed by atoms with E-state index in [0.29, 0.717) is 71.9 Å². The number of aromatic nitrogens is 6. The second kappa shape index (κ2) is 24.3. The largest absolute Gasteiger partial charge is 0.445 e. The van der Waals surface area contributed by atoms with Crippen molar-refractivity contribution in [2.75, 3.05) is 18.4 Å². The lowest BCUT2D eigenvalue weighted by Gasteiger charge is -2.28. The summed E-state index contributed by atoms with van der Waals surface area (Å²) in [6, 6.07) is 21.4. The maximum absolute atomic E-state index is 14.4. The first-order valence-corrected chi connectivity index (χ1v) is 25.1. The van der Waals surface area contributed by atoms with E-state index in [1.807, 2.05) is 61.7 Å². The Morgan fingerprint density at radius 2 is 1.68 bits per heavy atom. The minimum atomic E-state index is -1.06. The van der Waals surface area contributed by atoms with Crippen LogP contribution < -0.4 is 27.0 Å². The predicted octanol–water partition coefficient (Wildman–Crippen LogP) is 5.81. The van der Waals surface area contributed by atoms with Crippen LogP contribution >= 0.6 is 0 Å². The van der Waals surface area contributed by atoms with Crippen molar-refractivity contribution in [1.29, 1.82) is 0 Å². The van der Waals surface area contributed by atoms with E-state index in [0.717, 1.165) is 33.7 Å². The number of amides is 8. The maximum Gasteiger partial charge on any atom is 0.411 e. The third kappa shape index (κ3) is 13.5. The van der Waals surface area contributed by atoms with E-state index in [4.69, 9.17) is 20.4 Å². The van der Waals surface area contributed by atoms with E-state index in [9.17, 15) is 33.6 Å². The molecule has 0 bridgehead atoms. The number of carbonyl (C=O) groups is 7. The number of imide groups is 1. The van der Waals surface area contributed by atoms with Crippen LogP contribution in [-0.4, -0.2) is 106 Å². The molecule has 6 aromatic rings. The zero-order valence-corrected chi connectivity index (χ0v) is 42.1. The van der Waals surface area contributed by atoms with Crippen LogP contribution in [0.25, 0.3) is 28.3 Å². The van der Waals surface area contributed by atoms with Crippen molar-refractivity contribution in [2.45, 2.75) is 103 Å². The second-order valence-corrected chi connectivity index (χ2v) is 18.9. The second-order valence-electron chi connectivity index (χ2n) is 18.9. The summed E-state index contributed by atoms with van der Waals surface area (Å²) in [6.07, 6.45) is 8.83. The number of primary amides is 1. The number of nitrogens with zero attached hydrogens (tertiary/aromatic N) is 7. The molecule has 2 aliphatic rings. The van der Waals surface area contributed by atoms with Gasteiger partial charge in [0, 0.05) is 54.8 Å². The summed E-state index contributed by atoms with van der Waals surface area (Å²) in [7, 11) is 0. The van der Waals surface area contributed by atoms with Crippen LogP contribution in [-0.2, 0) is 48.3 Å². The van der Waals surface area contributed by atoms with Crippen LogP contribution in [0.2, 0.25) is 0 Å². The number of fused-ring (bicyclic) bond motifs is 2. The molecular weight excluding hydrogens is 959 g/mol. The molecule has 21 heteroatoms. The first kappa shape index (κ1) is 52.6. The number of urea groups is 1. The van der Waals surface area contributed by atoms with Gasteiger partial charge in [-0.15, -0.1) is 0 Å². The van der Waals surface area contributed by atoms with Gasteiger partial charge in [0.2, 0.25) is 17.7 Å². The highest BCUT2D eigenvalue weighted by atomic mass is 16.6. The van der Waals surface area contributed by atoms with E-state index in [-0.39, 0.29) is 68.8 Å². The minimum Gasteiger partial charge on any atom is -0.445 e. The average molecular weight is 1020 g/mol. The van der Waals surface area contributed by atoms with Crippen molar-refractivity contribution >= 4 is 53.0 Å². The molecule has 1 aliphatic heterocycles. The number of anilines is 1. The van der Waals surface area contributed by atoms with Gasteiger partial charge in [-0.25, -0.2) is 24.1 Å². The Balaban J connectivity index is 0.914. The van der Waals surface area contributed by atoms with Gasteiger partial charge in [0.15, 0.2) is 5.65 Å². The van der Waals surface area contributed by atoms with E-state index in [1.165, 1.54) is 18.5 Å². The number of hydrogen-bond acceptors (Lipinski definition) is 12. The molecule has 0 fully saturated rings. The summed E-state index contributed by atoms with van der Waals surface area (Å²) in [4.78, 5) is 111. The summed E-state index contributed by atoms with van der Waals surface area (Å²) < 4.78 is 7.71. The number of ether oxygens (including phenoxy) is 1. The molecular formula is C54H61N13O8. The van der Waals surface area contributed by atoms with Gasteiger partial charge in [0.05, 0.1) is 29.7 Å². The SMILES string of the molecule is Cc1cccc(-c2[nH]c(CN(C(=O)OCc3ccc(NC(=O)C(CCCNC(N)=O)NC(=O)C(NC(=O)CCCCCN4C(=O)C=CC4=O)C(C)C)cc3)[C@H]3CCc4ccccc43)nc2-c2ccn3ncnc3c2)n1. The molecule has 2 unspecified atom stereocenters. The third-order valence-corrected chi connectivity index (χ3v) is 13.1. The van der Waals surface area contributed by atoms with Crippen molar-refractivity contribution in [3.63, 3.8) is 0 Å². The number of carbonyl (C=O) groups excluding carboxylic acids is 7. The number of unbranched alkanes of at least 4 members (excludes halogenated alkanes) is 2. The van der Waals surface area contributed by atoms with E-state index >= 15 is 0 Å². The number of aromatic amines is 1. The Bertz CT molecular complexity index is 3080. The number of rotatable bonds is 23. The van der Waals surface area contributed by atoms with Gasteiger partial charge >= 0.3 is 12.1 Å². The number of nitrogens with one attached hydrogen (secondary N) is 5. The predicted molar refractivity (Wildman–Crippen MR) is 277 cm³/mol. The normalized spacial score (nSPS) is 14.7. The lowest BCUT2D eigenvalue weighted by molar-refractivity contribution is -0.137. The number of benzene rings is 2. The molecule has 8 amide bonds. The Labute approximate surface area is 433 Å². The molecule has 21 nitrogen and oxygen atoms in total. The van der Waals surface area contributed by atoms with Gasteiger partial charge in [-0.1, -0.05) is 62.7 Å². The highest BCUT2D eigenvalue weighted by Crippen LogP contribution is 2.38. The first-order chi connectivity index (χ1) is 36.2. The molecule has 2 aromatic carbocycles. The van der Waals surface area contributed by atoms with Crippen LogP contribution in [0.4, 0.5) is 15.3 Å². The topological polar surface area (TPSA) is 281 Å². The van der Waals surface area contributed by atoms with Crippen LogP contribution in [0.1, 0.15) is 93.0 Å². The number of aryl methyl sites for hydroxylation is 2. The Morgan fingerprint density at radius 3 is 2.44 bits per heavy atom. The molecule has 0 saturated heterocycles. The molecule has 3 atom stereocenters. The molecule has 4 aromatic heterocycles. The average Bonchev–Trinajstić information content (AvgIpc) is 4.22. The van der Waals surface area contributed by atoms with Crippen LogP contribution in [0, 0.1) is 12.8 Å². The molecule has 390 valence electrons. The molecule has 8 rings (SSSR count). The highest BCUT2D eigenvalue weighted by Gasteiger charge is 2.34. The van der Waals surface area contributed by atoms with Gasteiger partial charge in [0.25, 0.3) is 11.8 Å². The van der Waals surface area contributed by atoms with Crippen molar-refractivity contribution in [3.8, 4) is 22.6 Å². The van der Waals surface area contributed by atoms with E-state index in [1.54, 1.807) is 47.5 Å².